The molecule has 92 valence electrons. The fraction of sp³-hybridized carbons (Fsp3) is 0.714. The van der Waals surface area contributed by atoms with Gasteiger partial charge in [0.25, 0.3) is 5.89 Å². The van der Waals surface area contributed by atoms with E-state index in [9.17, 15) is 13.2 Å². The smallest absolute Gasteiger partial charge is 0.394 e. The highest BCUT2D eigenvalue weighted by Gasteiger charge is 2.27. The van der Waals surface area contributed by atoms with Gasteiger partial charge in [0, 0.05) is 0 Å². The number of hydrogen-bond donors (Lipinski definition) is 2. The Hall–Kier alpha value is -1.19. The zero-order chi connectivity index (χ0) is 12.2. The first-order valence-corrected chi connectivity index (χ1v) is 4.26. The van der Waals surface area contributed by atoms with Crippen LogP contribution in [-0.2, 0) is 11.3 Å². The average Bonchev–Trinajstić information content (AvgIpc) is 2.63. The second kappa shape index (κ2) is 5.23. The zero-order valence-electron chi connectivity index (χ0n) is 8.07. The lowest BCUT2D eigenvalue weighted by Crippen LogP contribution is -2.17. The van der Waals surface area contributed by atoms with Gasteiger partial charge < -0.3 is 20.1 Å². The number of nitrogens with two attached hydrogens (primary N) is 1. The fourth-order valence-electron chi connectivity index (χ4n) is 0.813. The molecule has 16 heavy (non-hydrogen) atoms. The predicted octanol–water partition coefficient (Wildman–Crippen LogP) is 0.141. The molecule has 0 aliphatic heterocycles. The molecule has 1 aromatic heterocycles. The number of alkyl halides is 3. The maximum Gasteiger partial charge on any atom is 0.411 e. The maximum absolute atomic E-state index is 11.7. The van der Waals surface area contributed by atoms with Crippen molar-refractivity contribution in [3.05, 3.63) is 11.7 Å². The summed E-state index contributed by atoms with van der Waals surface area (Å²) in [5.74, 6) is -0.101. The topological polar surface area (TPSA) is 94.4 Å². The van der Waals surface area contributed by atoms with E-state index < -0.39 is 25.4 Å². The summed E-state index contributed by atoms with van der Waals surface area (Å²) in [4.78, 5) is 3.65. The number of nitrogens with zero attached hydrogens (tertiary/aromatic N) is 2. The van der Waals surface area contributed by atoms with Gasteiger partial charge in [-0.05, 0) is 0 Å². The first kappa shape index (κ1) is 12.9. The molecule has 0 aromatic carbocycles. The van der Waals surface area contributed by atoms with Crippen LogP contribution in [0, 0.1) is 0 Å². The molecule has 0 fully saturated rings. The first-order valence-electron chi connectivity index (χ1n) is 4.26. The fourth-order valence-corrected chi connectivity index (χ4v) is 0.813. The molecule has 1 rings (SSSR count). The van der Waals surface area contributed by atoms with Gasteiger partial charge in [0.15, 0.2) is 5.82 Å². The zero-order valence-corrected chi connectivity index (χ0v) is 8.07. The highest BCUT2D eigenvalue weighted by atomic mass is 19.4. The van der Waals surface area contributed by atoms with Crippen LogP contribution < -0.4 is 5.73 Å². The molecule has 0 spiro atoms. The van der Waals surface area contributed by atoms with Crippen molar-refractivity contribution in [2.24, 2.45) is 5.73 Å². The van der Waals surface area contributed by atoms with Crippen LogP contribution in [0.1, 0.15) is 17.8 Å². The molecule has 0 saturated heterocycles. The molecular weight excluding hydrogens is 231 g/mol. The third kappa shape index (κ3) is 4.13. The molecular formula is C7H10F3N3O3. The van der Waals surface area contributed by atoms with E-state index in [0.29, 0.717) is 0 Å². The number of aromatic nitrogens is 2. The molecule has 1 heterocycles. The van der Waals surface area contributed by atoms with E-state index in [1.165, 1.54) is 0 Å². The lowest BCUT2D eigenvalue weighted by Gasteiger charge is -2.04. The van der Waals surface area contributed by atoms with Gasteiger partial charge in [0.05, 0.1) is 12.6 Å². The Morgan fingerprint density at radius 3 is 2.75 bits per heavy atom. The summed E-state index contributed by atoms with van der Waals surface area (Å²) >= 11 is 0. The van der Waals surface area contributed by atoms with Crippen LogP contribution in [0.25, 0.3) is 0 Å². The summed E-state index contributed by atoms with van der Waals surface area (Å²) in [6.45, 7) is -2.23. The standard InChI is InChI=1S/C7H10F3N3O3/c8-7(9,10)3-15-2-5-12-6(13-16-5)4(11)1-14/h4,14H,1-3,11H2. The number of halogens is 3. The van der Waals surface area contributed by atoms with Gasteiger partial charge in [0.1, 0.15) is 13.2 Å². The lowest BCUT2D eigenvalue weighted by molar-refractivity contribution is -0.178. The number of aliphatic hydroxyl groups excluding tert-OH is 1. The van der Waals surface area contributed by atoms with Crippen LogP contribution in [0.3, 0.4) is 0 Å². The van der Waals surface area contributed by atoms with Gasteiger partial charge in [-0.15, -0.1) is 0 Å². The van der Waals surface area contributed by atoms with Crippen LogP contribution in [0.15, 0.2) is 4.52 Å². The molecule has 1 unspecified atom stereocenters. The molecule has 9 heteroatoms. The molecule has 1 atom stereocenters. The normalized spacial score (nSPS) is 14.1. The summed E-state index contributed by atoms with van der Waals surface area (Å²) in [7, 11) is 0. The summed E-state index contributed by atoms with van der Waals surface area (Å²) in [6, 6.07) is -0.819. The number of aliphatic hydroxyl groups is 1. The molecule has 0 aliphatic carbocycles. The van der Waals surface area contributed by atoms with E-state index in [4.69, 9.17) is 10.8 Å². The van der Waals surface area contributed by atoms with Gasteiger partial charge in [-0.1, -0.05) is 5.16 Å². The van der Waals surface area contributed by atoms with Crippen molar-refractivity contribution in [2.45, 2.75) is 18.8 Å². The highest BCUT2D eigenvalue weighted by molar-refractivity contribution is 4.91. The summed E-state index contributed by atoms with van der Waals surface area (Å²) in [6.07, 6.45) is -4.40. The lowest BCUT2D eigenvalue weighted by atomic mass is 10.3. The molecule has 3 N–H and O–H groups in total. The molecule has 0 aliphatic rings. The Balaban J connectivity index is 2.41. The van der Waals surface area contributed by atoms with Crippen LogP contribution in [0.2, 0.25) is 0 Å². The second-order valence-electron chi connectivity index (χ2n) is 2.94. The largest absolute Gasteiger partial charge is 0.411 e. The van der Waals surface area contributed by atoms with E-state index in [-0.39, 0.29) is 18.3 Å². The van der Waals surface area contributed by atoms with Crippen molar-refractivity contribution in [3.63, 3.8) is 0 Å². The predicted molar refractivity (Wildman–Crippen MR) is 44.0 cm³/mol. The Morgan fingerprint density at radius 2 is 2.19 bits per heavy atom. The maximum atomic E-state index is 11.7. The number of rotatable bonds is 5. The quantitative estimate of drug-likeness (QED) is 0.761. The van der Waals surface area contributed by atoms with E-state index in [1.807, 2.05) is 0 Å². The van der Waals surface area contributed by atoms with Crippen LogP contribution in [0.4, 0.5) is 13.2 Å². The van der Waals surface area contributed by atoms with E-state index in [0.717, 1.165) is 0 Å². The van der Waals surface area contributed by atoms with Gasteiger partial charge in [0.2, 0.25) is 0 Å². The van der Waals surface area contributed by atoms with Gasteiger partial charge >= 0.3 is 6.18 Å². The van der Waals surface area contributed by atoms with Gasteiger partial charge in [-0.25, -0.2) is 0 Å². The minimum Gasteiger partial charge on any atom is -0.394 e. The Kier molecular flexibility index (Phi) is 4.21. The van der Waals surface area contributed by atoms with Crippen molar-refractivity contribution < 1.29 is 27.5 Å². The van der Waals surface area contributed by atoms with Crippen LogP contribution >= 0.6 is 0 Å². The van der Waals surface area contributed by atoms with Crippen molar-refractivity contribution >= 4 is 0 Å². The van der Waals surface area contributed by atoms with Crippen molar-refractivity contribution in [1.29, 1.82) is 0 Å². The summed E-state index contributed by atoms with van der Waals surface area (Å²) in [5, 5.41) is 12.0. The Labute approximate surface area is 88.2 Å². The molecule has 0 bridgehead atoms. The summed E-state index contributed by atoms with van der Waals surface area (Å²) in [5.41, 5.74) is 5.35. The molecule has 0 radical (unpaired) electrons. The summed E-state index contributed by atoms with van der Waals surface area (Å²) < 4.78 is 43.9. The molecule has 1 aromatic rings. The number of ether oxygens (including phenoxy) is 1. The minimum absolute atomic E-state index is 0.0214. The molecule has 6 nitrogen and oxygen atoms in total. The van der Waals surface area contributed by atoms with Crippen LogP contribution in [-0.4, -0.2) is 34.6 Å². The molecule has 0 amide bonds. The third-order valence-electron chi connectivity index (χ3n) is 1.50. The number of hydrogen-bond acceptors (Lipinski definition) is 6. The van der Waals surface area contributed by atoms with Gasteiger partial charge in [-0.3, -0.25) is 0 Å². The first-order chi connectivity index (χ1) is 7.42. The molecule has 0 saturated carbocycles. The van der Waals surface area contributed by atoms with Crippen molar-refractivity contribution in [3.8, 4) is 0 Å². The minimum atomic E-state index is -4.40. The van der Waals surface area contributed by atoms with Crippen LogP contribution in [0.5, 0.6) is 0 Å². The highest BCUT2D eigenvalue weighted by Crippen LogP contribution is 2.15. The Bertz CT molecular complexity index is 328. The van der Waals surface area contributed by atoms with Gasteiger partial charge in [-0.2, -0.15) is 18.2 Å². The van der Waals surface area contributed by atoms with E-state index in [1.54, 1.807) is 0 Å². The van der Waals surface area contributed by atoms with Crippen molar-refractivity contribution in [1.82, 2.24) is 10.1 Å². The Morgan fingerprint density at radius 1 is 1.50 bits per heavy atom. The van der Waals surface area contributed by atoms with E-state index >= 15 is 0 Å². The monoisotopic (exact) mass is 241 g/mol. The average molecular weight is 241 g/mol. The van der Waals surface area contributed by atoms with Crippen molar-refractivity contribution in [2.75, 3.05) is 13.2 Å². The van der Waals surface area contributed by atoms with E-state index in [2.05, 4.69) is 19.4 Å². The SMILES string of the molecule is NC(CO)c1noc(COCC(F)(F)F)n1. The second-order valence-corrected chi connectivity index (χ2v) is 2.94. The third-order valence-corrected chi connectivity index (χ3v) is 1.50.